The van der Waals surface area contributed by atoms with Crippen LogP contribution in [-0.4, -0.2) is 181 Å². The first-order chi connectivity index (χ1) is 59.9. The van der Waals surface area contributed by atoms with Gasteiger partial charge in [-0.1, -0.05) is 116 Å². The van der Waals surface area contributed by atoms with Gasteiger partial charge in [0, 0.05) is 85.3 Å². The molecular formula is C74H93N10O33P5S5. The number of aromatic amines is 4. The average molecular weight is 1970 g/mol. The lowest BCUT2D eigenvalue weighted by molar-refractivity contribution is -0.0928. The molecule has 4 aromatic heterocycles. The highest BCUT2D eigenvalue weighted by atomic mass is 32.7. The summed E-state index contributed by atoms with van der Waals surface area (Å²) in [5, 5.41) is 12.9. The summed E-state index contributed by atoms with van der Waals surface area (Å²) in [5.41, 5.74) is -5.42. The number of nitrogens with zero attached hydrogens (tertiary/aromatic N) is 5. The molecule has 13 rings (SSSR count). The molecule has 43 nitrogen and oxygen atoms in total. The topological polar surface area (TPSA) is 524 Å². The van der Waals surface area contributed by atoms with Crippen molar-refractivity contribution in [3.8, 4) is 11.5 Å². The van der Waals surface area contributed by atoms with E-state index >= 15 is 4.57 Å². The van der Waals surface area contributed by atoms with Crippen molar-refractivity contribution in [3.63, 3.8) is 0 Å². The number of thiol groups is 5. The highest BCUT2D eigenvalue weighted by Gasteiger charge is 2.52. The summed E-state index contributed by atoms with van der Waals surface area (Å²) in [5.74, 6) is 1.08. The molecule has 6 N–H and O–H groups in total. The fourth-order valence-electron chi connectivity index (χ4n) is 14.9. The molecule has 127 heavy (non-hydrogen) atoms. The molecule has 0 saturated carbocycles. The molecule has 10 heterocycles. The zero-order valence-corrected chi connectivity index (χ0v) is 77.9. The smallest absolute Gasteiger partial charge is 0.386 e. The number of aliphatic hydroxyl groups excluding tert-OH is 1. The van der Waals surface area contributed by atoms with Crippen molar-refractivity contribution < 1.29 is 116 Å². The Balaban J connectivity index is 0.730. The molecule has 53 heteroatoms. The molecular weight excluding hydrogens is 1870 g/mol. The van der Waals surface area contributed by atoms with Crippen molar-refractivity contribution in [1.29, 1.82) is 0 Å². The summed E-state index contributed by atoms with van der Waals surface area (Å²) >= 11 is 21.5. The van der Waals surface area contributed by atoms with Gasteiger partial charge in [-0.15, -0.1) is 0 Å². The van der Waals surface area contributed by atoms with Crippen LogP contribution in [0.1, 0.15) is 117 Å². The average Bonchev–Trinajstić information content (AvgIpc) is 1.58. The summed E-state index contributed by atoms with van der Waals surface area (Å²) in [6, 6.07) is 22.6. The molecule has 2 amide bonds. The van der Waals surface area contributed by atoms with E-state index in [1.165, 1.54) is 79.8 Å². The van der Waals surface area contributed by atoms with Crippen molar-refractivity contribution in [2.75, 3.05) is 47.3 Å². The van der Waals surface area contributed by atoms with Gasteiger partial charge in [0.05, 0.1) is 53.4 Å². The Bertz CT molecular complexity index is 5960. The van der Waals surface area contributed by atoms with E-state index in [2.05, 4.69) is 86.5 Å². The molecule has 21 atom stereocenters. The molecule has 3 aromatic carbocycles. The Morgan fingerprint density at radius 1 is 0.417 bits per heavy atom. The second-order valence-electron chi connectivity index (χ2n) is 30.6. The summed E-state index contributed by atoms with van der Waals surface area (Å²) in [7, 11) is 3.04. The van der Waals surface area contributed by atoms with Crippen LogP contribution in [0.15, 0.2) is 154 Å². The van der Waals surface area contributed by atoms with Crippen LogP contribution in [0.4, 0.5) is 4.79 Å². The number of nitrogens with one attached hydrogen (secondary N) is 5. The zero-order chi connectivity index (χ0) is 91.7. The third-order valence-electron chi connectivity index (χ3n) is 21.2. The maximum atomic E-state index is 15.1. The lowest BCUT2D eigenvalue weighted by atomic mass is 9.80. The molecule has 0 bridgehead atoms. The van der Waals surface area contributed by atoms with Gasteiger partial charge in [0.15, 0.2) is 6.23 Å². The van der Waals surface area contributed by atoms with Gasteiger partial charge >= 0.3 is 62.8 Å². The molecule has 0 radical (unpaired) electrons. The van der Waals surface area contributed by atoms with Gasteiger partial charge in [-0.25, -0.2) is 46.8 Å². The predicted octanol–water partition coefficient (Wildman–Crippen LogP) is 8.57. The predicted molar refractivity (Wildman–Crippen MR) is 467 cm³/mol. The number of rotatable bonds is 37. The summed E-state index contributed by atoms with van der Waals surface area (Å²) in [6.07, 6.45) is -18.4. The number of aliphatic hydroxyl groups is 1. The highest BCUT2D eigenvalue weighted by Crippen LogP contribution is 2.63. The number of carbonyl (C=O) groups excluding carboxylic acids is 1. The number of amides is 2. The van der Waals surface area contributed by atoms with E-state index in [0.717, 1.165) is 23.2 Å². The van der Waals surface area contributed by atoms with Gasteiger partial charge in [0.25, 0.3) is 22.2 Å². The molecule has 7 aromatic rings. The van der Waals surface area contributed by atoms with Gasteiger partial charge in [0.2, 0.25) is 0 Å². The number of aromatic nitrogens is 8. The van der Waals surface area contributed by atoms with E-state index in [4.69, 9.17) is 83.1 Å². The SMILES string of the molecule is COc1ccc(C(OC[C@H]2O[C@@H](n3cc(C)c(=O)[nH]c3=O)C[C@@H]2O[P@](=O)(S)OC[C@H]2O[C@@H](n3cc(C)c(=O)[nH]c3=O)C[C@@H]2O[P@](=O)(S)OC[C@H]2O[C@@H](N3C=C(C)C(O)NC3=O)C[C@@H]2O[P@](=O)(S)OC[C@H]2O[C@@H](n3cc(C)c(=O)[nH]c3=O)C[C@@H]2O[P@](=O)(S)OC[C@H]2O[C@@H](n3cc(C)c(=O)[nH]c3=O)C[C@@H]2O[P@](=O)(S)OC(C)C)(c2ccccc2)c2ccc(OC)cc2)cc1. The minimum atomic E-state index is -4.88. The van der Waals surface area contributed by atoms with Crippen molar-refractivity contribution in [2.45, 2.75) is 191 Å². The molecule has 0 aliphatic carbocycles. The minimum Gasteiger partial charge on any atom is -0.497 e. The second kappa shape index (κ2) is 40.3. The number of methoxy groups -OCH3 is 2. The number of H-pyrrole nitrogens is 4. The van der Waals surface area contributed by atoms with Gasteiger partial charge < -0.3 is 48.3 Å². The molecule has 0 spiro atoms. The molecule has 5 saturated heterocycles. The van der Waals surface area contributed by atoms with E-state index in [9.17, 15) is 66.5 Å². The first-order valence-electron chi connectivity index (χ1n) is 39.2. The summed E-state index contributed by atoms with van der Waals surface area (Å²) < 4.78 is 186. The lowest BCUT2D eigenvalue weighted by Crippen LogP contribution is -2.51. The Hall–Kier alpha value is -6.79. The third kappa shape index (κ3) is 23.6. The minimum absolute atomic E-state index is 0.0547. The van der Waals surface area contributed by atoms with E-state index in [1.54, 1.807) is 38.1 Å². The number of aryl methyl sites for hydroxylation is 4. The Kier molecular flexibility index (Phi) is 31.0. The third-order valence-corrected chi connectivity index (χ3v) is 29.6. The quantitative estimate of drug-likeness (QED) is 0.00986. The van der Waals surface area contributed by atoms with Crippen LogP contribution in [0.3, 0.4) is 0 Å². The van der Waals surface area contributed by atoms with Crippen LogP contribution >= 0.6 is 95.2 Å². The van der Waals surface area contributed by atoms with Crippen LogP contribution < -0.4 is 59.8 Å². The van der Waals surface area contributed by atoms with E-state index < -0.39 is 234 Å². The zero-order valence-electron chi connectivity index (χ0n) is 69.0. The summed E-state index contributed by atoms with van der Waals surface area (Å²) in [4.78, 5) is 127. The largest absolute Gasteiger partial charge is 0.497 e. The van der Waals surface area contributed by atoms with E-state index in [-0.39, 0.29) is 53.7 Å². The Morgan fingerprint density at radius 2 is 0.701 bits per heavy atom. The fraction of sp³-hybridized carbons (Fsp3) is 0.500. The van der Waals surface area contributed by atoms with Crippen molar-refractivity contribution >= 4 is 101 Å². The van der Waals surface area contributed by atoms with Crippen molar-refractivity contribution in [1.82, 2.24) is 48.4 Å². The first kappa shape index (κ1) is 97.7. The number of ether oxygens (including phenoxy) is 8. The summed E-state index contributed by atoms with van der Waals surface area (Å²) in [6.45, 7) is -16.7. The van der Waals surface area contributed by atoms with E-state index in [0.29, 0.717) is 28.2 Å². The number of hydrogen-bond acceptors (Lipinski definition) is 33. The highest BCUT2D eigenvalue weighted by molar-refractivity contribution is 8.45. The Morgan fingerprint density at radius 3 is 1.01 bits per heavy atom. The van der Waals surface area contributed by atoms with E-state index in [1.807, 2.05) is 54.6 Å². The fourth-order valence-corrected chi connectivity index (χ4v) is 23.1. The standard InChI is InChI=1S/C74H93N10O33P5S5/c1-38(2)112-122(99,127)117-53-27-63(84-32-43(7)68(89)79-73(84)94)111-58(53)37-106-121(98,126)116-52-26-62(83-31-42(6)67(88)78-72(83)93)110-57(52)36-105-120(97,125)115-51-25-61(82-30-41(5)66(87)77-71(82)92)109-56(51)35-104-119(96,124)114-50-24-60(81-29-40(4)65(86)76-70(81)91)108-55(50)34-103-118(95,123)113-49-23-59(80-28-39(3)64(85)75-69(80)90)107-54(49)33-102-74(44-13-11-10-12-14-44,45-15-19-47(100-8)20-16-45)46-17-21-48(101-9)22-18-46/h10-22,28-32,38,49-63,66,87H,23-27,33-37H2,1-9H3,(H,77,92)(H,95,123)(H,96,124)(H,97,125)(H,98,126)(H,99,127)(H,75,85,90)(H,76,86,91)(H,78,88,93)(H,79,89,94)/t49-,50-,51-,52-,53-,54+,55+,56+,57+,58+,59+,60+,61+,62+,63+,66?,118+,119+,120+,121+,122+/m0/s1. The molecule has 6 aliphatic rings. The first-order valence-corrected chi connectivity index (χ1v) is 52.7. The molecule has 1 unspecified atom stereocenters. The number of benzene rings is 3. The monoisotopic (exact) mass is 1960 g/mol. The second-order valence-corrected chi connectivity index (χ2v) is 44.9. The van der Waals surface area contributed by atoms with Gasteiger partial charge in [0.1, 0.15) is 109 Å². The molecule has 692 valence electrons. The van der Waals surface area contributed by atoms with Crippen LogP contribution in [-0.2, 0) is 102 Å². The van der Waals surface area contributed by atoms with Crippen LogP contribution in [0, 0.1) is 27.7 Å². The van der Waals surface area contributed by atoms with Crippen molar-refractivity contribution in [3.05, 3.63) is 238 Å². The van der Waals surface area contributed by atoms with Gasteiger partial charge in [-0.05, 0) is 95.0 Å². The maximum absolute atomic E-state index is 15.1. The number of carbonyl (C=O) groups is 1. The van der Waals surface area contributed by atoms with Crippen LogP contribution in [0.2, 0.25) is 0 Å². The molecule has 5 fully saturated rings. The van der Waals surface area contributed by atoms with Gasteiger partial charge in [-0.3, -0.25) is 108 Å². The Labute approximate surface area is 748 Å². The normalized spacial score (nSPS) is 27.5. The lowest BCUT2D eigenvalue weighted by Gasteiger charge is -2.37. The van der Waals surface area contributed by atoms with Crippen LogP contribution in [0.25, 0.3) is 0 Å². The maximum Gasteiger partial charge on any atom is 0.386 e. The molecule has 6 aliphatic heterocycles. The van der Waals surface area contributed by atoms with Gasteiger partial charge in [-0.2, -0.15) is 0 Å². The van der Waals surface area contributed by atoms with Crippen molar-refractivity contribution in [2.24, 2.45) is 0 Å². The number of urea groups is 1. The number of hydrogen-bond donors (Lipinski definition) is 11. The van der Waals surface area contributed by atoms with Crippen LogP contribution in [0.5, 0.6) is 11.5 Å².